The van der Waals surface area contributed by atoms with E-state index in [0.29, 0.717) is 5.56 Å². The molecule has 0 radical (unpaired) electrons. The van der Waals surface area contributed by atoms with Crippen LogP contribution in [0.5, 0.6) is 0 Å². The topological polar surface area (TPSA) is 44.0 Å². The summed E-state index contributed by atoms with van der Waals surface area (Å²) in [7, 11) is 0.0833. The van der Waals surface area contributed by atoms with Crippen molar-refractivity contribution < 1.29 is 5.02 Å². The molecule has 1 aromatic rings. The summed E-state index contributed by atoms with van der Waals surface area (Å²) in [5, 5.41) is 16.0. The van der Waals surface area contributed by atoms with Crippen LogP contribution >= 0.6 is 0 Å². The molecule has 0 saturated carbocycles. The van der Waals surface area contributed by atoms with Crippen molar-refractivity contribution >= 4 is 7.48 Å². The molecule has 0 heterocycles. The largest absolute Gasteiger partial charge is 0.450 e. The Balaban J connectivity index is 0.000000261. The lowest BCUT2D eigenvalue weighted by Crippen LogP contribution is -1.71. The normalized spacial score (nSPS) is 7.00. The maximum absolute atomic E-state index is 8.29. The number of benzene rings is 1. The second-order valence-electron chi connectivity index (χ2n) is 1.95. The van der Waals surface area contributed by atoms with Gasteiger partial charge < -0.3 is 5.02 Å². The Kier molecular flexibility index (Phi) is 6.62. The standard InChI is InChI=1S/C7H5N.C2H5BO/c8-6-7-4-2-1-3-5-7;1-2-3-4/h1-5H;2-4H,1H2. The van der Waals surface area contributed by atoms with Gasteiger partial charge in [-0.2, -0.15) is 5.26 Å². The van der Waals surface area contributed by atoms with Gasteiger partial charge in [0.25, 0.3) is 7.48 Å². The molecule has 0 amide bonds. The number of hydrogen-bond donors (Lipinski definition) is 1. The molecule has 0 bridgehead atoms. The molecule has 3 heteroatoms. The SMILES string of the molecule is C=CBO.N#Cc1ccccc1. The predicted octanol–water partition coefficient (Wildman–Crippen LogP) is 1.03. The smallest absolute Gasteiger partial charge is 0.296 e. The first kappa shape index (κ1) is 10.5. The Morgan fingerprint density at radius 1 is 1.42 bits per heavy atom. The van der Waals surface area contributed by atoms with Gasteiger partial charge in [-0.15, -0.1) is 6.58 Å². The zero-order valence-corrected chi connectivity index (χ0v) is 6.77. The summed E-state index contributed by atoms with van der Waals surface area (Å²) >= 11 is 0. The van der Waals surface area contributed by atoms with Crippen LogP contribution in [0, 0.1) is 11.3 Å². The minimum atomic E-state index is 0.0833. The van der Waals surface area contributed by atoms with Crippen LogP contribution in [0.25, 0.3) is 0 Å². The van der Waals surface area contributed by atoms with Gasteiger partial charge in [0.15, 0.2) is 0 Å². The van der Waals surface area contributed by atoms with E-state index in [1.165, 1.54) is 5.98 Å². The highest BCUT2D eigenvalue weighted by Gasteiger charge is 1.79. The maximum Gasteiger partial charge on any atom is 0.296 e. The molecule has 0 unspecified atom stereocenters. The first-order chi connectivity index (χ1) is 5.85. The second-order valence-corrected chi connectivity index (χ2v) is 1.95. The van der Waals surface area contributed by atoms with E-state index in [-0.39, 0.29) is 7.48 Å². The number of nitriles is 1. The molecule has 0 aliphatic rings. The van der Waals surface area contributed by atoms with E-state index in [4.69, 9.17) is 10.3 Å². The third kappa shape index (κ3) is 5.27. The maximum atomic E-state index is 8.29. The first-order valence-corrected chi connectivity index (χ1v) is 3.52. The van der Waals surface area contributed by atoms with E-state index < -0.39 is 0 Å². The van der Waals surface area contributed by atoms with Crippen LogP contribution in [-0.4, -0.2) is 12.5 Å². The molecule has 60 valence electrons. The van der Waals surface area contributed by atoms with Crippen LogP contribution in [0.4, 0.5) is 0 Å². The van der Waals surface area contributed by atoms with Gasteiger partial charge in [-0.3, -0.25) is 0 Å². The zero-order chi connectivity index (χ0) is 9.23. The lowest BCUT2D eigenvalue weighted by Gasteiger charge is -1.80. The van der Waals surface area contributed by atoms with Crippen LogP contribution in [0.15, 0.2) is 42.9 Å². The predicted molar refractivity (Wildman–Crippen MR) is 50.7 cm³/mol. The Hall–Kier alpha value is -1.53. The molecule has 0 spiro atoms. The first-order valence-electron chi connectivity index (χ1n) is 3.52. The Bertz CT molecular complexity index is 253. The van der Waals surface area contributed by atoms with Crippen molar-refractivity contribution in [2.75, 3.05) is 0 Å². The molecule has 0 aliphatic carbocycles. The van der Waals surface area contributed by atoms with Gasteiger partial charge in [0.05, 0.1) is 11.6 Å². The number of nitrogens with zero attached hydrogens (tertiary/aromatic N) is 1. The third-order valence-electron chi connectivity index (χ3n) is 1.03. The summed E-state index contributed by atoms with van der Waals surface area (Å²) in [6, 6.07) is 11.2. The average Bonchev–Trinajstić information content (AvgIpc) is 2.19. The molecule has 0 aliphatic heterocycles. The summed E-state index contributed by atoms with van der Waals surface area (Å²) < 4.78 is 0. The van der Waals surface area contributed by atoms with Crippen LogP contribution in [-0.2, 0) is 0 Å². The number of hydrogen-bond acceptors (Lipinski definition) is 2. The van der Waals surface area contributed by atoms with Crippen molar-refractivity contribution in [3.8, 4) is 6.07 Å². The molecule has 2 nitrogen and oxygen atoms in total. The molecular weight excluding hydrogens is 149 g/mol. The lowest BCUT2D eigenvalue weighted by molar-refractivity contribution is 0.614. The van der Waals surface area contributed by atoms with E-state index in [2.05, 4.69) is 6.58 Å². The molecule has 1 aromatic carbocycles. The molecule has 0 saturated heterocycles. The summed E-state index contributed by atoms with van der Waals surface area (Å²) in [6.07, 6.45) is 0. The minimum absolute atomic E-state index is 0.0833. The van der Waals surface area contributed by atoms with Crippen LogP contribution in [0.2, 0.25) is 0 Å². The highest BCUT2D eigenvalue weighted by atomic mass is 16.2. The van der Waals surface area contributed by atoms with Crippen molar-refractivity contribution in [1.29, 1.82) is 5.26 Å². The summed E-state index contributed by atoms with van der Waals surface area (Å²) in [5.41, 5.74) is 0.715. The van der Waals surface area contributed by atoms with Crippen LogP contribution in [0.3, 0.4) is 0 Å². The van der Waals surface area contributed by atoms with Crippen molar-refractivity contribution in [3.05, 3.63) is 48.4 Å². The van der Waals surface area contributed by atoms with E-state index >= 15 is 0 Å². The monoisotopic (exact) mass is 159 g/mol. The quantitative estimate of drug-likeness (QED) is 0.622. The van der Waals surface area contributed by atoms with Crippen molar-refractivity contribution in [1.82, 2.24) is 0 Å². The van der Waals surface area contributed by atoms with Gasteiger partial charge in [-0.05, 0) is 12.1 Å². The molecule has 0 aromatic heterocycles. The van der Waals surface area contributed by atoms with Gasteiger partial charge in [-0.1, -0.05) is 24.2 Å². The Morgan fingerprint density at radius 2 is 1.92 bits per heavy atom. The van der Waals surface area contributed by atoms with Gasteiger partial charge in [0.2, 0.25) is 0 Å². The third-order valence-corrected chi connectivity index (χ3v) is 1.03. The van der Waals surface area contributed by atoms with E-state index in [9.17, 15) is 0 Å². The Morgan fingerprint density at radius 3 is 2.17 bits per heavy atom. The average molecular weight is 159 g/mol. The molecule has 12 heavy (non-hydrogen) atoms. The Labute approximate surface area is 73.1 Å². The summed E-state index contributed by atoms with van der Waals surface area (Å²) in [4.78, 5) is 0. The zero-order valence-electron chi connectivity index (χ0n) is 6.77. The van der Waals surface area contributed by atoms with E-state index in [1.54, 1.807) is 12.1 Å². The fraction of sp³-hybridized carbons (Fsp3) is 0. The molecular formula is C9H10BNO. The van der Waals surface area contributed by atoms with Gasteiger partial charge in [0, 0.05) is 0 Å². The highest BCUT2D eigenvalue weighted by molar-refractivity contribution is 6.32. The van der Waals surface area contributed by atoms with E-state index in [1.807, 2.05) is 24.3 Å². The summed E-state index contributed by atoms with van der Waals surface area (Å²) in [6.45, 7) is 3.23. The minimum Gasteiger partial charge on any atom is -0.450 e. The van der Waals surface area contributed by atoms with Crippen molar-refractivity contribution in [2.24, 2.45) is 0 Å². The van der Waals surface area contributed by atoms with Crippen molar-refractivity contribution in [2.45, 2.75) is 0 Å². The molecule has 1 N–H and O–H groups in total. The second kappa shape index (κ2) is 7.58. The van der Waals surface area contributed by atoms with Crippen LogP contribution < -0.4 is 0 Å². The van der Waals surface area contributed by atoms with Gasteiger partial charge in [0.1, 0.15) is 0 Å². The molecule has 0 atom stereocenters. The fourth-order valence-electron chi connectivity index (χ4n) is 0.513. The fourth-order valence-corrected chi connectivity index (χ4v) is 0.513. The van der Waals surface area contributed by atoms with E-state index in [0.717, 1.165) is 0 Å². The number of rotatable bonds is 1. The lowest BCUT2D eigenvalue weighted by atomic mass is 10.1. The van der Waals surface area contributed by atoms with Crippen molar-refractivity contribution in [3.63, 3.8) is 0 Å². The molecule has 0 fully saturated rings. The van der Waals surface area contributed by atoms with Crippen LogP contribution in [0.1, 0.15) is 5.56 Å². The van der Waals surface area contributed by atoms with Gasteiger partial charge in [-0.25, -0.2) is 0 Å². The summed E-state index contributed by atoms with van der Waals surface area (Å²) in [5.74, 6) is 1.43. The molecule has 1 rings (SSSR count). The highest BCUT2D eigenvalue weighted by Crippen LogP contribution is 1.92. The van der Waals surface area contributed by atoms with Gasteiger partial charge >= 0.3 is 0 Å².